The molecule has 2 heterocycles. The number of rotatable bonds is 11. The minimum absolute atomic E-state index is 0.0161. The Kier molecular flexibility index (Phi) is 8.02. The van der Waals surface area contributed by atoms with Gasteiger partial charge in [-0.1, -0.05) is 12.1 Å². The fourth-order valence-corrected chi connectivity index (χ4v) is 3.84. The van der Waals surface area contributed by atoms with Crippen molar-refractivity contribution >= 4 is 36.0 Å². The average Bonchev–Trinajstić information content (AvgIpc) is 2.81. The Hall–Kier alpha value is -4.42. The van der Waals surface area contributed by atoms with Crippen LogP contribution in [0.4, 0.5) is 11.8 Å². The van der Waals surface area contributed by atoms with Crippen LogP contribution in [0.2, 0.25) is 0 Å². The van der Waals surface area contributed by atoms with Gasteiger partial charge in [-0.15, -0.1) is 0 Å². The highest BCUT2D eigenvalue weighted by atomic mass is 16.4. The van der Waals surface area contributed by atoms with E-state index in [2.05, 4.69) is 20.6 Å². The zero-order chi connectivity index (χ0) is 25.5. The van der Waals surface area contributed by atoms with Crippen LogP contribution in [0, 0.1) is 5.92 Å². The Morgan fingerprint density at radius 3 is 2.63 bits per heavy atom. The standard InChI is InChI=1S/C22H27N7O6/c23-17(31)6-5-16(21(34)35)26-19(32)14-3-1-12(2-4-14)9-29(11-30)10-13-7-15-18(25-8-13)27-22(24)28-20(15)33/h1-4,11,13,16H,5-10H2,(H2,23,31)(H,26,32)(H,34,35)(H4,24,25,27,28,33)/t13-,16-/m0/s1. The van der Waals surface area contributed by atoms with E-state index in [0.29, 0.717) is 30.9 Å². The van der Waals surface area contributed by atoms with Crippen molar-refractivity contribution < 1.29 is 24.3 Å². The van der Waals surface area contributed by atoms with Crippen molar-refractivity contribution in [1.29, 1.82) is 0 Å². The van der Waals surface area contributed by atoms with Crippen molar-refractivity contribution in [2.24, 2.45) is 11.7 Å². The summed E-state index contributed by atoms with van der Waals surface area (Å²) in [6, 6.07) is 5.13. The number of hydrogen-bond donors (Lipinski definition) is 6. The van der Waals surface area contributed by atoms with Crippen LogP contribution in [0.5, 0.6) is 0 Å². The van der Waals surface area contributed by atoms with Gasteiger partial charge in [0.25, 0.3) is 11.5 Å². The topological polar surface area (TPSA) is 214 Å². The lowest BCUT2D eigenvalue weighted by molar-refractivity contribution is -0.139. The number of primary amides is 1. The van der Waals surface area contributed by atoms with Gasteiger partial charge in [0.05, 0.1) is 5.56 Å². The van der Waals surface area contributed by atoms with E-state index in [1.54, 1.807) is 17.0 Å². The van der Waals surface area contributed by atoms with E-state index in [-0.39, 0.29) is 42.4 Å². The van der Waals surface area contributed by atoms with Gasteiger partial charge >= 0.3 is 5.97 Å². The second kappa shape index (κ2) is 11.1. The zero-order valence-corrected chi connectivity index (χ0v) is 18.8. The minimum Gasteiger partial charge on any atom is -0.480 e. The lowest BCUT2D eigenvalue weighted by Gasteiger charge is -2.28. The summed E-state index contributed by atoms with van der Waals surface area (Å²) in [5, 5.41) is 14.7. The SMILES string of the molecule is NC(=O)CC[C@H](NC(=O)c1ccc(CN(C=O)C[C@@H]2CNc3nc(N)[nH]c(=O)c3C2)cc1)C(=O)O. The summed E-state index contributed by atoms with van der Waals surface area (Å²) in [7, 11) is 0. The van der Waals surface area contributed by atoms with Crippen LogP contribution < -0.4 is 27.7 Å². The molecule has 1 aliphatic heterocycles. The van der Waals surface area contributed by atoms with Gasteiger partial charge in [0.15, 0.2) is 0 Å². The predicted molar refractivity (Wildman–Crippen MR) is 125 cm³/mol. The number of carboxylic acids is 1. The fraction of sp³-hybridized carbons (Fsp3) is 0.364. The van der Waals surface area contributed by atoms with Gasteiger partial charge in [-0.3, -0.25) is 24.2 Å². The van der Waals surface area contributed by atoms with Crippen molar-refractivity contribution in [3.8, 4) is 0 Å². The smallest absolute Gasteiger partial charge is 0.326 e. The summed E-state index contributed by atoms with van der Waals surface area (Å²) >= 11 is 0. The lowest BCUT2D eigenvalue weighted by Crippen LogP contribution is -2.41. The largest absolute Gasteiger partial charge is 0.480 e. The molecule has 0 aliphatic carbocycles. The molecule has 35 heavy (non-hydrogen) atoms. The molecule has 0 fully saturated rings. The Labute approximate surface area is 199 Å². The van der Waals surface area contributed by atoms with E-state index in [1.807, 2.05) is 0 Å². The normalized spacial score (nSPS) is 15.3. The quantitative estimate of drug-likeness (QED) is 0.216. The van der Waals surface area contributed by atoms with Gasteiger partial charge in [-0.05, 0) is 36.5 Å². The molecule has 2 atom stereocenters. The number of fused-ring (bicyclic) bond motifs is 1. The van der Waals surface area contributed by atoms with Gasteiger partial charge < -0.3 is 32.1 Å². The van der Waals surface area contributed by atoms with Crippen LogP contribution in [0.25, 0.3) is 0 Å². The number of benzene rings is 1. The number of H-pyrrole nitrogens is 1. The molecule has 3 amide bonds. The number of aliphatic carboxylic acids is 1. The number of nitrogen functional groups attached to an aromatic ring is 1. The highest BCUT2D eigenvalue weighted by Gasteiger charge is 2.24. The van der Waals surface area contributed by atoms with Crippen molar-refractivity contribution in [3.63, 3.8) is 0 Å². The highest BCUT2D eigenvalue weighted by Crippen LogP contribution is 2.21. The molecule has 13 nitrogen and oxygen atoms in total. The second-order valence-corrected chi connectivity index (χ2v) is 8.33. The van der Waals surface area contributed by atoms with Gasteiger partial charge in [0.2, 0.25) is 18.3 Å². The molecule has 1 aromatic carbocycles. The maximum Gasteiger partial charge on any atom is 0.326 e. The summed E-state index contributed by atoms with van der Waals surface area (Å²) in [6.07, 6.45) is 0.879. The number of carbonyl (C=O) groups is 4. The average molecular weight is 486 g/mol. The number of nitrogens with two attached hydrogens (primary N) is 2. The van der Waals surface area contributed by atoms with Crippen LogP contribution in [-0.4, -0.2) is 63.3 Å². The monoisotopic (exact) mass is 485 g/mol. The van der Waals surface area contributed by atoms with E-state index in [9.17, 15) is 29.1 Å². The van der Waals surface area contributed by atoms with E-state index in [1.165, 1.54) is 12.1 Å². The zero-order valence-electron chi connectivity index (χ0n) is 18.8. The number of hydrogen-bond acceptors (Lipinski definition) is 8. The fourth-order valence-electron chi connectivity index (χ4n) is 3.84. The van der Waals surface area contributed by atoms with E-state index in [4.69, 9.17) is 11.5 Å². The number of amides is 3. The third-order valence-corrected chi connectivity index (χ3v) is 5.61. The third kappa shape index (κ3) is 6.79. The summed E-state index contributed by atoms with van der Waals surface area (Å²) in [4.78, 5) is 66.6. The predicted octanol–water partition coefficient (Wildman–Crippen LogP) is -0.957. The molecule has 186 valence electrons. The number of nitrogens with one attached hydrogen (secondary N) is 3. The second-order valence-electron chi connectivity index (χ2n) is 8.33. The molecule has 8 N–H and O–H groups in total. The van der Waals surface area contributed by atoms with Crippen LogP contribution in [-0.2, 0) is 27.3 Å². The molecule has 2 aromatic rings. The van der Waals surface area contributed by atoms with Crippen molar-refractivity contribution in [1.82, 2.24) is 20.2 Å². The molecule has 3 rings (SSSR count). The molecule has 0 bridgehead atoms. The first-order valence-corrected chi connectivity index (χ1v) is 10.9. The van der Waals surface area contributed by atoms with Crippen LogP contribution in [0.15, 0.2) is 29.1 Å². The lowest BCUT2D eigenvalue weighted by atomic mass is 9.96. The van der Waals surface area contributed by atoms with E-state index < -0.39 is 23.8 Å². The molecule has 1 aliphatic rings. The van der Waals surface area contributed by atoms with Crippen molar-refractivity contribution in [2.45, 2.75) is 31.8 Å². The van der Waals surface area contributed by atoms with Crippen LogP contribution in [0.3, 0.4) is 0 Å². The molecule has 13 heteroatoms. The molecule has 0 spiro atoms. The molecular weight excluding hydrogens is 458 g/mol. The summed E-state index contributed by atoms with van der Waals surface area (Å²) in [5.41, 5.74) is 11.8. The van der Waals surface area contributed by atoms with Gasteiger partial charge in [-0.2, -0.15) is 4.98 Å². The number of carboxylic acid groups (broad SMARTS) is 1. The number of anilines is 2. The molecular formula is C22H27N7O6. The number of nitrogens with zero attached hydrogens (tertiary/aromatic N) is 2. The Balaban J connectivity index is 1.58. The maximum absolute atomic E-state index is 12.4. The van der Waals surface area contributed by atoms with Crippen molar-refractivity contribution in [3.05, 3.63) is 51.3 Å². The number of aromatic nitrogens is 2. The van der Waals surface area contributed by atoms with Gasteiger partial charge in [0.1, 0.15) is 11.9 Å². The van der Waals surface area contributed by atoms with Gasteiger partial charge in [-0.25, -0.2) is 4.79 Å². The van der Waals surface area contributed by atoms with Crippen LogP contribution in [0.1, 0.15) is 34.3 Å². The number of aromatic amines is 1. The first kappa shape index (κ1) is 25.2. The summed E-state index contributed by atoms with van der Waals surface area (Å²) < 4.78 is 0. The third-order valence-electron chi connectivity index (χ3n) is 5.61. The van der Waals surface area contributed by atoms with E-state index in [0.717, 1.165) is 12.0 Å². The first-order valence-electron chi connectivity index (χ1n) is 10.9. The van der Waals surface area contributed by atoms with Crippen molar-refractivity contribution in [2.75, 3.05) is 24.1 Å². The molecule has 0 saturated heterocycles. The van der Waals surface area contributed by atoms with E-state index >= 15 is 0 Å². The molecule has 1 aromatic heterocycles. The molecule has 0 unspecified atom stereocenters. The Bertz CT molecular complexity index is 1160. The highest BCUT2D eigenvalue weighted by molar-refractivity contribution is 5.96. The maximum atomic E-state index is 12.4. The Morgan fingerprint density at radius 2 is 2.00 bits per heavy atom. The first-order chi connectivity index (χ1) is 16.7. The molecule has 0 saturated carbocycles. The number of carbonyl (C=O) groups excluding carboxylic acids is 3. The Morgan fingerprint density at radius 1 is 1.29 bits per heavy atom. The van der Waals surface area contributed by atoms with Gasteiger partial charge in [0, 0.05) is 31.6 Å². The summed E-state index contributed by atoms with van der Waals surface area (Å²) in [5.74, 6) is -2.05. The minimum atomic E-state index is -1.26. The summed E-state index contributed by atoms with van der Waals surface area (Å²) in [6.45, 7) is 1.19. The van der Waals surface area contributed by atoms with Crippen LogP contribution >= 0.6 is 0 Å². The molecule has 0 radical (unpaired) electrons.